The van der Waals surface area contributed by atoms with E-state index in [0.717, 1.165) is 44.2 Å². The van der Waals surface area contributed by atoms with Crippen LogP contribution in [0.3, 0.4) is 0 Å². The topological polar surface area (TPSA) is 44.8 Å². The maximum Gasteiger partial charge on any atom is 0.255 e. The molecule has 1 amide bonds. The van der Waals surface area contributed by atoms with Crippen molar-refractivity contribution in [1.82, 2.24) is 4.90 Å². The zero-order chi connectivity index (χ0) is 21.5. The van der Waals surface area contributed by atoms with Crippen molar-refractivity contribution in [1.29, 1.82) is 0 Å². The van der Waals surface area contributed by atoms with Crippen LogP contribution in [0.25, 0.3) is 0 Å². The first kappa shape index (κ1) is 20.9. The van der Waals surface area contributed by atoms with Gasteiger partial charge < -0.3 is 15.0 Å². The van der Waals surface area contributed by atoms with Crippen molar-refractivity contribution < 1.29 is 9.53 Å². The average Bonchev–Trinajstić information content (AvgIpc) is 2.82. The number of piperazine rings is 1. The normalized spacial score (nSPS) is 14.3. The SMILES string of the molecule is CCOc1ccc(NC(=O)c2ccc(CN3CCN(c4ccccc4)CC3)cc2)cc1. The lowest BCUT2D eigenvalue weighted by Crippen LogP contribution is -2.45. The van der Waals surface area contributed by atoms with Gasteiger partial charge in [0, 0.05) is 49.7 Å². The Morgan fingerprint density at radius 1 is 0.871 bits per heavy atom. The first-order valence-corrected chi connectivity index (χ1v) is 10.9. The van der Waals surface area contributed by atoms with Gasteiger partial charge in [-0.2, -0.15) is 0 Å². The van der Waals surface area contributed by atoms with Gasteiger partial charge in [0.2, 0.25) is 0 Å². The molecule has 160 valence electrons. The molecule has 31 heavy (non-hydrogen) atoms. The van der Waals surface area contributed by atoms with Crippen LogP contribution in [0.1, 0.15) is 22.8 Å². The maximum atomic E-state index is 12.5. The summed E-state index contributed by atoms with van der Waals surface area (Å²) >= 11 is 0. The van der Waals surface area contributed by atoms with Crippen molar-refractivity contribution in [2.45, 2.75) is 13.5 Å². The fourth-order valence-corrected chi connectivity index (χ4v) is 3.83. The molecule has 1 saturated heterocycles. The predicted molar refractivity (Wildman–Crippen MR) is 126 cm³/mol. The molecule has 4 rings (SSSR count). The quantitative estimate of drug-likeness (QED) is 0.610. The van der Waals surface area contributed by atoms with Crippen molar-refractivity contribution >= 4 is 17.3 Å². The third-order valence-corrected chi connectivity index (χ3v) is 5.54. The number of hydrogen-bond acceptors (Lipinski definition) is 4. The zero-order valence-electron chi connectivity index (χ0n) is 18.0. The molecule has 5 heteroatoms. The summed E-state index contributed by atoms with van der Waals surface area (Å²) in [5, 5.41) is 2.94. The van der Waals surface area contributed by atoms with Crippen LogP contribution < -0.4 is 15.0 Å². The Labute approximate surface area is 184 Å². The van der Waals surface area contributed by atoms with Gasteiger partial charge in [0.25, 0.3) is 5.91 Å². The highest BCUT2D eigenvalue weighted by molar-refractivity contribution is 6.04. The Morgan fingerprint density at radius 2 is 1.55 bits per heavy atom. The summed E-state index contributed by atoms with van der Waals surface area (Å²) in [6.07, 6.45) is 0. The van der Waals surface area contributed by atoms with E-state index >= 15 is 0 Å². The molecule has 0 atom stereocenters. The Kier molecular flexibility index (Phi) is 6.85. The third kappa shape index (κ3) is 5.64. The van der Waals surface area contributed by atoms with E-state index in [0.29, 0.717) is 12.2 Å². The standard InChI is InChI=1S/C26H29N3O2/c1-2-31-25-14-12-23(13-15-25)27-26(30)22-10-8-21(9-11-22)20-28-16-18-29(19-17-28)24-6-4-3-5-7-24/h3-15H,2,16-20H2,1H3,(H,27,30). The summed E-state index contributed by atoms with van der Waals surface area (Å²) in [7, 11) is 0. The van der Waals surface area contributed by atoms with E-state index in [4.69, 9.17) is 4.74 Å². The number of rotatable bonds is 7. The number of nitrogens with zero attached hydrogens (tertiary/aromatic N) is 2. The maximum absolute atomic E-state index is 12.5. The first-order chi connectivity index (χ1) is 15.2. The van der Waals surface area contributed by atoms with Gasteiger partial charge >= 0.3 is 0 Å². The van der Waals surface area contributed by atoms with Crippen molar-refractivity contribution in [3.63, 3.8) is 0 Å². The molecule has 1 heterocycles. The number of ether oxygens (including phenoxy) is 1. The van der Waals surface area contributed by atoms with Gasteiger partial charge in [0.05, 0.1) is 6.61 Å². The van der Waals surface area contributed by atoms with Crippen LogP contribution in [0.4, 0.5) is 11.4 Å². The Morgan fingerprint density at radius 3 is 2.19 bits per heavy atom. The fourth-order valence-electron chi connectivity index (χ4n) is 3.83. The molecular weight excluding hydrogens is 386 g/mol. The molecular formula is C26H29N3O2. The number of nitrogens with one attached hydrogen (secondary N) is 1. The van der Waals surface area contributed by atoms with Gasteiger partial charge in [-0.1, -0.05) is 30.3 Å². The minimum absolute atomic E-state index is 0.104. The van der Waals surface area contributed by atoms with E-state index in [9.17, 15) is 4.79 Å². The molecule has 0 spiro atoms. The van der Waals surface area contributed by atoms with Crippen LogP contribution in [-0.2, 0) is 6.54 Å². The van der Waals surface area contributed by atoms with Crippen LogP contribution in [0.5, 0.6) is 5.75 Å². The highest BCUT2D eigenvalue weighted by Crippen LogP contribution is 2.18. The highest BCUT2D eigenvalue weighted by Gasteiger charge is 2.17. The molecule has 0 bridgehead atoms. The van der Waals surface area contributed by atoms with E-state index < -0.39 is 0 Å². The second kappa shape index (κ2) is 10.1. The molecule has 1 fully saturated rings. The lowest BCUT2D eigenvalue weighted by Gasteiger charge is -2.36. The second-order valence-electron chi connectivity index (χ2n) is 7.71. The summed E-state index contributed by atoms with van der Waals surface area (Å²) in [5.74, 6) is 0.696. The molecule has 1 aliphatic rings. The molecule has 0 unspecified atom stereocenters. The summed E-state index contributed by atoms with van der Waals surface area (Å²) in [5.41, 5.74) is 3.94. The molecule has 0 aromatic heterocycles. The van der Waals surface area contributed by atoms with Gasteiger partial charge in [-0.25, -0.2) is 0 Å². The Hall–Kier alpha value is -3.31. The number of para-hydroxylation sites is 1. The van der Waals surface area contributed by atoms with Crippen molar-refractivity contribution in [3.05, 3.63) is 90.0 Å². The van der Waals surface area contributed by atoms with Crippen LogP contribution in [0, 0.1) is 0 Å². The monoisotopic (exact) mass is 415 g/mol. The Bertz CT molecular complexity index is 964. The lowest BCUT2D eigenvalue weighted by molar-refractivity contribution is 0.102. The van der Waals surface area contributed by atoms with E-state index in [-0.39, 0.29) is 5.91 Å². The van der Waals surface area contributed by atoms with E-state index in [1.165, 1.54) is 11.3 Å². The van der Waals surface area contributed by atoms with Gasteiger partial charge in [0.1, 0.15) is 5.75 Å². The summed E-state index contributed by atoms with van der Waals surface area (Å²) in [6, 6.07) is 25.9. The molecule has 0 radical (unpaired) electrons. The summed E-state index contributed by atoms with van der Waals surface area (Å²) < 4.78 is 5.43. The Balaban J connectivity index is 1.27. The minimum Gasteiger partial charge on any atom is -0.494 e. The van der Waals surface area contributed by atoms with Gasteiger partial charge in [-0.05, 0) is 61.0 Å². The molecule has 3 aromatic carbocycles. The second-order valence-corrected chi connectivity index (χ2v) is 7.71. The number of hydrogen-bond donors (Lipinski definition) is 1. The van der Waals surface area contributed by atoms with Crippen molar-refractivity contribution in [2.24, 2.45) is 0 Å². The number of carbonyl (C=O) groups excluding carboxylic acids is 1. The van der Waals surface area contributed by atoms with Crippen LogP contribution in [0.15, 0.2) is 78.9 Å². The smallest absolute Gasteiger partial charge is 0.255 e. The zero-order valence-corrected chi connectivity index (χ0v) is 18.0. The molecule has 3 aromatic rings. The summed E-state index contributed by atoms with van der Waals surface area (Å²) in [6.45, 7) is 7.62. The largest absolute Gasteiger partial charge is 0.494 e. The molecule has 0 aliphatic carbocycles. The van der Waals surface area contributed by atoms with Crippen LogP contribution in [-0.4, -0.2) is 43.6 Å². The van der Waals surface area contributed by atoms with Gasteiger partial charge in [-0.15, -0.1) is 0 Å². The number of carbonyl (C=O) groups is 1. The molecule has 1 aliphatic heterocycles. The van der Waals surface area contributed by atoms with Gasteiger partial charge in [-0.3, -0.25) is 9.69 Å². The fraction of sp³-hybridized carbons (Fsp3) is 0.269. The van der Waals surface area contributed by atoms with Gasteiger partial charge in [0.15, 0.2) is 0 Å². The third-order valence-electron chi connectivity index (χ3n) is 5.54. The predicted octanol–water partition coefficient (Wildman–Crippen LogP) is 4.66. The van der Waals surface area contributed by atoms with E-state index in [2.05, 4.69) is 57.6 Å². The minimum atomic E-state index is -0.104. The first-order valence-electron chi connectivity index (χ1n) is 10.9. The molecule has 0 saturated carbocycles. The van der Waals surface area contributed by atoms with E-state index in [1.54, 1.807) is 0 Å². The van der Waals surface area contributed by atoms with Crippen LogP contribution >= 0.6 is 0 Å². The van der Waals surface area contributed by atoms with Crippen molar-refractivity contribution in [2.75, 3.05) is 43.0 Å². The molecule has 1 N–H and O–H groups in total. The number of anilines is 2. The molecule has 5 nitrogen and oxygen atoms in total. The lowest BCUT2D eigenvalue weighted by atomic mass is 10.1. The summed E-state index contributed by atoms with van der Waals surface area (Å²) in [4.78, 5) is 17.4. The average molecular weight is 416 g/mol. The number of benzene rings is 3. The van der Waals surface area contributed by atoms with Crippen molar-refractivity contribution in [3.8, 4) is 5.75 Å². The van der Waals surface area contributed by atoms with E-state index in [1.807, 2.05) is 43.3 Å². The van der Waals surface area contributed by atoms with Crippen LogP contribution in [0.2, 0.25) is 0 Å². The number of amides is 1. The highest BCUT2D eigenvalue weighted by atomic mass is 16.5.